The molecule has 118 valence electrons. The molecule has 0 saturated carbocycles. The van der Waals surface area contributed by atoms with E-state index in [4.69, 9.17) is 0 Å². The Morgan fingerprint density at radius 3 is 2.52 bits per heavy atom. The molecule has 1 aromatic carbocycles. The zero-order valence-corrected chi connectivity index (χ0v) is 13.9. The Kier molecular flexibility index (Phi) is 5.37. The second-order valence-electron chi connectivity index (χ2n) is 5.88. The van der Waals surface area contributed by atoms with Crippen molar-refractivity contribution >= 4 is 10.0 Å². The monoisotopic (exact) mass is 311 g/mol. The first-order valence-corrected chi connectivity index (χ1v) is 8.76. The highest BCUT2D eigenvalue weighted by Crippen LogP contribution is 2.20. The van der Waals surface area contributed by atoms with Crippen LogP contribution in [0.15, 0.2) is 29.2 Å². The molecule has 1 aromatic rings. The molecule has 0 spiro atoms. The molecule has 2 rings (SSSR count). The average molecular weight is 311 g/mol. The van der Waals surface area contributed by atoms with E-state index < -0.39 is 10.0 Å². The van der Waals surface area contributed by atoms with Crippen molar-refractivity contribution in [1.29, 1.82) is 0 Å². The Bertz CT molecular complexity index is 557. The second kappa shape index (κ2) is 6.87. The molecule has 0 bridgehead atoms. The van der Waals surface area contributed by atoms with E-state index in [1.807, 2.05) is 19.2 Å². The van der Waals surface area contributed by atoms with Crippen LogP contribution in [0.1, 0.15) is 12.0 Å². The molecule has 1 unspecified atom stereocenters. The largest absolute Gasteiger partial charge is 0.316 e. The molecule has 0 aliphatic carbocycles. The quantitative estimate of drug-likeness (QED) is 0.851. The van der Waals surface area contributed by atoms with Gasteiger partial charge in [0.2, 0.25) is 10.0 Å². The summed E-state index contributed by atoms with van der Waals surface area (Å²) in [6, 6.07) is 7.11. The normalized spacial score (nSPS) is 20.3. The molecular weight excluding hydrogens is 286 g/mol. The van der Waals surface area contributed by atoms with Gasteiger partial charge in [-0.1, -0.05) is 12.1 Å². The molecule has 1 aliphatic heterocycles. The van der Waals surface area contributed by atoms with Crippen LogP contribution in [0.4, 0.5) is 0 Å². The summed E-state index contributed by atoms with van der Waals surface area (Å²) < 4.78 is 26.6. The van der Waals surface area contributed by atoms with E-state index in [0.29, 0.717) is 17.4 Å². The van der Waals surface area contributed by atoms with Gasteiger partial charge < -0.3 is 10.2 Å². The maximum Gasteiger partial charge on any atom is 0.242 e. The fourth-order valence-corrected chi connectivity index (χ4v) is 4.05. The number of hydrogen-bond donors (Lipinski definition) is 1. The van der Waals surface area contributed by atoms with E-state index in [0.717, 1.165) is 31.6 Å². The van der Waals surface area contributed by atoms with Gasteiger partial charge in [0, 0.05) is 26.7 Å². The van der Waals surface area contributed by atoms with Crippen LogP contribution < -0.4 is 5.32 Å². The van der Waals surface area contributed by atoms with Crippen molar-refractivity contribution in [3.63, 3.8) is 0 Å². The number of nitrogens with one attached hydrogen (secondary N) is 1. The highest BCUT2D eigenvalue weighted by Gasteiger charge is 2.27. The number of rotatable bonds is 6. The summed E-state index contributed by atoms with van der Waals surface area (Å²) in [5.74, 6) is 0.429. The van der Waals surface area contributed by atoms with E-state index >= 15 is 0 Å². The zero-order chi connectivity index (χ0) is 15.5. The Morgan fingerprint density at radius 2 is 2.00 bits per heavy atom. The molecule has 1 heterocycles. The molecule has 1 atom stereocenters. The van der Waals surface area contributed by atoms with Crippen LogP contribution in [0.25, 0.3) is 0 Å². The first kappa shape index (κ1) is 16.4. The lowest BCUT2D eigenvalue weighted by molar-refractivity contribution is 0.357. The number of likely N-dealkylation sites (tertiary alicyclic amines) is 1. The van der Waals surface area contributed by atoms with Crippen molar-refractivity contribution in [2.24, 2.45) is 5.92 Å². The summed E-state index contributed by atoms with van der Waals surface area (Å²) in [5, 5.41) is 3.05. The van der Waals surface area contributed by atoms with Crippen molar-refractivity contribution in [2.75, 3.05) is 40.8 Å². The van der Waals surface area contributed by atoms with Gasteiger partial charge in [-0.25, -0.2) is 12.7 Å². The highest BCUT2D eigenvalue weighted by molar-refractivity contribution is 7.89. The second-order valence-corrected chi connectivity index (χ2v) is 7.92. The van der Waals surface area contributed by atoms with Crippen molar-refractivity contribution in [2.45, 2.75) is 17.9 Å². The topological polar surface area (TPSA) is 52.7 Å². The zero-order valence-electron chi connectivity index (χ0n) is 13.0. The van der Waals surface area contributed by atoms with Crippen molar-refractivity contribution in [3.8, 4) is 0 Å². The Hall–Kier alpha value is -0.950. The molecule has 1 fully saturated rings. The number of hydrogen-bond acceptors (Lipinski definition) is 4. The molecule has 1 aliphatic rings. The van der Waals surface area contributed by atoms with Gasteiger partial charge in [0.25, 0.3) is 0 Å². The van der Waals surface area contributed by atoms with Crippen LogP contribution >= 0.6 is 0 Å². The molecule has 6 heteroatoms. The summed E-state index contributed by atoms with van der Waals surface area (Å²) >= 11 is 0. The summed E-state index contributed by atoms with van der Waals surface area (Å²) in [6.45, 7) is 3.35. The minimum absolute atomic E-state index is 0.371. The third-order valence-electron chi connectivity index (χ3n) is 4.02. The molecule has 1 saturated heterocycles. The molecule has 0 radical (unpaired) electrons. The standard InChI is InChI=1S/C15H25N3O2S/c1-16-10-13-4-6-15(7-5-13)21(19,20)18(3)12-14-8-9-17(2)11-14/h4-7,14,16H,8-12H2,1-3H3. The van der Waals surface area contributed by atoms with Crippen LogP contribution in [0.3, 0.4) is 0 Å². The predicted octanol–water partition coefficient (Wildman–Crippen LogP) is 0.978. The fraction of sp³-hybridized carbons (Fsp3) is 0.600. The van der Waals surface area contributed by atoms with Crippen LogP contribution in [-0.4, -0.2) is 58.4 Å². The SMILES string of the molecule is CNCc1ccc(S(=O)(=O)N(C)CC2CCN(C)C2)cc1. The van der Waals surface area contributed by atoms with Crippen LogP contribution in [0.2, 0.25) is 0 Å². The van der Waals surface area contributed by atoms with Gasteiger partial charge in [-0.3, -0.25) is 0 Å². The third kappa shape index (κ3) is 4.03. The lowest BCUT2D eigenvalue weighted by Crippen LogP contribution is -2.32. The minimum atomic E-state index is -3.38. The number of sulfonamides is 1. The molecule has 5 nitrogen and oxygen atoms in total. The van der Waals surface area contributed by atoms with Crippen molar-refractivity contribution < 1.29 is 8.42 Å². The first-order chi connectivity index (χ1) is 9.93. The van der Waals surface area contributed by atoms with Crippen molar-refractivity contribution in [1.82, 2.24) is 14.5 Å². The number of nitrogens with zero attached hydrogens (tertiary/aromatic N) is 2. The lowest BCUT2D eigenvalue weighted by atomic mass is 10.1. The lowest BCUT2D eigenvalue weighted by Gasteiger charge is -2.21. The average Bonchev–Trinajstić information content (AvgIpc) is 2.85. The Labute approximate surface area is 128 Å². The molecule has 1 N–H and O–H groups in total. The molecule has 0 amide bonds. The predicted molar refractivity (Wildman–Crippen MR) is 84.6 cm³/mol. The third-order valence-corrected chi connectivity index (χ3v) is 5.85. The maximum absolute atomic E-state index is 12.6. The van der Waals surface area contributed by atoms with Gasteiger partial charge in [0.05, 0.1) is 4.90 Å². The van der Waals surface area contributed by atoms with Gasteiger partial charge in [-0.2, -0.15) is 0 Å². The Balaban J connectivity index is 2.05. The van der Waals surface area contributed by atoms with E-state index in [1.54, 1.807) is 19.2 Å². The fourth-order valence-electron chi connectivity index (χ4n) is 2.80. The molecule has 0 aromatic heterocycles. The highest BCUT2D eigenvalue weighted by atomic mass is 32.2. The van der Waals surface area contributed by atoms with Gasteiger partial charge in [0.15, 0.2) is 0 Å². The smallest absolute Gasteiger partial charge is 0.242 e. The summed E-state index contributed by atoms with van der Waals surface area (Å²) in [5.41, 5.74) is 1.08. The molecule has 21 heavy (non-hydrogen) atoms. The Morgan fingerprint density at radius 1 is 1.33 bits per heavy atom. The first-order valence-electron chi connectivity index (χ1n) is 7.32. The maximum atomic E-state index is 12.6. The van der Waals surface area contributed by atoms with Gasteiger partial charge >= 0.3 is 0 Å². The van der Waals surface area contributed by atoms with Crippen LogP contribution in [0.5, 0.6) is 0 Å². The summed E-state index contributed by atoms with van der Waals surface area (Å²) in [4.78, 5) is 2.62. The van der Waals surface area contributed by atoms with E-state index in [-0.39, 0.29) is 0 Å². The molecular formula is C15H25N3O2S. The van der Waals surface area contributed by atoms with Gasteiger partial charge in [0.1, 0.15) is 0 Å². The summed E-state index contributed by atoms with van der Waals surface area (Å²) in [6.07, 6.45) is 1.07. The summed E-state index contributed by atoms with van der Waals surface area (Å²) in [7, 11) is 2.24. The van der Waals surface area contributed by atoms with Crippen molar-refractivity contribution in [3.05, 3.63) is 29.8 Å². The van der Waals surface area contributed by atoms with Gasteiger partial charge in [-0.15, -0.1) is 0 Å². The van der Waals surface area contributed by atoms with E-state index in [9.17, 15) is 8.42 Å². The van der Waals surface area contributed by atoms with E-state index in [1.165, 1.54) is 4.31 Å². The van der Waals surface area contributed by atoms with Crippen LogP contribution in [-0.2, 0) is 16.6 Å². The van der Waals surface area contributed by atoms with Gasteiger partial charge in [-0.05, 0) is 50.7 Å². The minimum Gasteiger partial charge on any atom is -0.316 e. The van der Waals surface area contributed by atoms with Crippen LogP contribution in [0, 0.1) is 5.92 Å². The number of benzene rings is 1. The van der Waals surface area contributed by atoms with E-state index in [2.05, 4.69) is 17.3 Å².